The molecule has 0 unspecified atom stereocenters. The number of nitrogens with zero attached hydrogens (tertiary/aromatic N) is 2. The van der Waals surface area contributed by atoms with Crippen LogP contribution in [0.4, 0.5) is 33.3 Å². The molecule has 2 aliphatic rings. The maximum absolute atomic E-state index is 14.0. The number of alkyl halides is 5. The monoisotopic (exact) mass is 608 g/mol. The molecule has 2 aromatic rings. The minimum Gasteiger partial charge on any atom is -0.370 e. The summed E-state index contributed by atoms with van der Waals surface area (Å²) in [6.45, 7) is -1.49. The van der Waals surface area contributed by atoms with Gasteiger partial charge in [-0.25, -0.2) is 8.78 Å². The van der Waals surface area contributed by atoms with Crippen LogP contribution in [0.15, 0.2) is 30.3 Å². The maximum atomic E-state index is 14.0. The lowest BCUT2D eigenvalue weighted by atomic mass is 9.90. The van der Waals surface area contributed by atoms with Gasteiger partial charge in [0.15, 0.2) is 0 Å². The highest BCUT2D eigenvalue weighted by molar-refractivity contribution is 7.18. The maximum Gasteiger partial charge on any atom is 0.418 e. The Hall–Kier alpha value is -2.81. The topological polar surface area (TPSA) is 91.0 Å². The van der Waals surface area contributed by atoms with Gasteiger partial charge in [0.25, 0.3) is 18.2 Å². The SMILES string of the molecule is O=C(NC[C@H](C(=O)Nc1ccc(N2CCOCC2=O)c(C(F)(F)F)c1)N(CC(F)F)C1CCC1)c1ccc(Cl)s1. The zero-order chi connectivity index (χ0) is 29.0. The number of morpholine rings is 1. The Morgan fingerprint density at radius 1 is 1.20 bits per heavy atom. The van der Waals surface area contributed by atoms with Crippen molar-refractivity contribution >= 4 is 52.0 Å². The van der Waals surface area contributed by atoms with Crippen LogP contribution in [0.5, 0.6) is 0 Å². The predicted octanol–water partition coefficient (Wildman–Crippen LogP) is 4.64. The molecule has 1 atom stereocenters. The molecule has 3 amide bonds. The minimum atomic E-state index is -4.86. The quantitative estimate of drug-likeness (QED) is 0.384. The molecule has 1 aliphatic carbocycles. The molecule has 218 valence electrons. The molecule has 4 rings (SSSR count). The molecular formula is C25H26ClF5N4O4S. The van der Waals surface area contributed by atoms with Crippen molar-refractivity contribution in [2.75, 3.05) is 43.1 Å². The van der Waals surface area contributed by atoms with Gasteiger partial charge in [0.1, 0.15) is 12.6 Å². The largest absolute Gasteiger partial charge is 0.418 e. The van der Waals surface area contributed by atoms with E-state index in [9.17, 15) is 36.3 Å². The van der Waals surface area contributed by atoms with E-state index in [1.807, 2.05) is 0 Å². The number of benzene rings is 1. The first-order valence-corrected chi connectivity index (χ1v) is 13.6. The first kappa shape index (κ1) is 30.2. The zero-order valence-electron chi connectivity index (χ0n) is 21.0. The third-order valence-electron chi connectivity index (χ3n) is 6.69. The van der Waals surface area contributed by atoms with Crippen LogP contribution in [-0.2, 0) is 20.5 Å². The predicted molar refractivity (Wildman–Crippen MR) is 139 cm³/mol. The van der Waals surface area contributed by atoms with Crippen LogP contribution in [0.2, 0.25) is 4.34 Å². The van der Waals surface area contributed by atoms with Crippen molar-refractivity contribution in [2.45, 2.75) is 43.9 Å². The van der Waals surface area contributed by atoms with Crippen molar-refractivity contribution in [3.8, 4) is 0 Å². The first-order valence-electron chi connectivity index (χ1n) is 12.4. The molecule has 2 heterocycles. The molecule has 0 radical (unpaired) electrons. The van der Waals surface area contributed by atoms with Crippen LogP contribution in [0.1, 0.15) is 34.5 Å². The van der Waals surface area contributed by atoms with Gasteiger partial charge in [-0.05, 0) is 43.2 Å². The van der Waals surface area contributed by atoms with Crippen molar-refractivity contribution in [3.05, 3.63) is 45.1 Å². The van der Waals surface area contributed by atoms with Crippen molar-refractivity contribution < 1.29 is 41.1 Å². The standard InChI is InChI=1S/C25H26ClF5N4O4S/c26-20-7-6-19(40-20)24(38)32-11-18(35(12-21(27)28)15-2-1-3-15)23(37)33-14-4-5-17(16(10-14)25(29,30)31)34-8-9-39-13-22(34)36/h4-7,10,15,18,21H,1-3,8-9,11-13H2,(H,32,38)(H,33,37)/t18-/m1/s1. The van der Waals surface area contributed by atoms with E-state index in [-0.39, 0.29) is 48.6 Å². The summed E-state index contributed by atoms with van der Waals surface area (Å²) in [7, 11) is 0. The number of rotatable bonds is 10. The molecule has 40 heavy (non-hydrogen) atoms. The lowest BCUT2D eigenvalue weighted by Crippen LogP contribution is -2.57. The zero-order valence-corrected chi connectivity index (χ0v) is 22.6. The summed E-state index contributed by atoms with van der Waals surface area (Å²) in [5.74, 6) is -2.07. The third-order valence-corrected chi connectivity index (χ3v) is 7.92. The fourth-order valence-corrected chi connectivity index (χ4v) is 5.52. The molecule has 8 nitrogen and oxygen atoms in total. The molecule has 1 aromatic heterocycles. The van der Waals surface area contributed by atoms with Gasteiger partial charge in [-0.2, -0.15) is 13.2 Å². The lowest BCUT2D eigenvalue weighted by Gasteiger charge is -2.41. The normalized spacial score (nSPS) is 17.2. The molecule has 0 bridgehead atoms. The molecule has 0 spiro atoms. The average molecular weight is 609 g/mol. The molecule has 1 saturated carbocycles. The van der Waals surface area contributed by atoms with Crippen LogP contribution in [0, 0.1) is 0 Å². The van der Waals surface area contributed by atoms with Crippen LogP contribution < -0.4 is 15.5 Å². The van der Waals surface area contributed by atoms with Gasteiger partial charge in [-0.1, -0.05) is 18.0 Å². The van der Waals surface area contributed by atoms with Crippen LogP contribution in [-0.4, -0.2) is 74.0 Å². The van der Waals surface area contributed by atoms with Gasteiger partial charge >= 0.3 is 6.18 Å². The fourth-order valence-electron chi connectivity index (χ4n) is 4.56. The van der Waals surface area contributed by atoms with E-state index in [0.29, 0.717) is 23.2 Å². The number of amides is 3. The van der Waals surface area contributed by atoms with Gasteiger partial charge in [0, 0.05) is 24.8 Å². The van der Waals surface area contributed by atoms with Crippen molar-refractivity contribution in [1.82, 2.24) is 10.2 Å². The smallest absolute Gasteiger partial charge is 0.370 e. The summed E-state index contributed by atoms with van der Waals surface area (Å²) in [5.41, 5.74) is -1.77. The molecule has 2 fully saturated rings. The first-order chi connectivity index (χ1) is 18.9. The number of halogens is 6. The molecule has 1 saturated heterocycles. The molecule has 1 aliphatic heterocycles. The second-order valence-corrected chi connectivity index (χ2v) is 11.0. The van der Waals surface area contributed by atoms with E-state index in [4.69, 9.17) is 16.3 Å². The Kier molecular flexibility index (Phi) is 9.64. The summed E-state index contributed by atoms with van der Waals surface area (Å²) in [6.07, 6.45) is -5.76. The van der Waals surface area contributed by atoms with E-state index < -0.39 is 48.5 Å². The van der Waals surface area contributed by atoms with Crippen molar-refractivity contribution in [2.24, 2.45) is 0 Å². The highest BCUT2D eigenvalue weighted by atomic mass is 35.5. The van der Waals surface area contributed by atoms with Gasteiger partial charge in [-0.3, -0.25) is 19.3 Å². The fraction of sp³-hybridized carbons (Fsp3) is 0.480. The molecule has 2 N–H and O–H groups in total. The Morgan fingerprint density at radius 2 is 1.95 bits per heavy atom. The number of carbonyl (C=O) groups is 3. The number of anilines is 2. The Labute approximate surface area is 235 Å². The highest BCUT2D eigenvalue weighted by Gasteiger charge is 2.39. The van der Waals surface area contributed by atoms with Crippen LogP contribution in [0.3, 0.4) is 0 Å². The van der Waals surface area contributed by atoms with E-state index in [0.717, 1.165) is 28.7 Å². The second-order valence-electron chi connectivity index (χ2n) is 9.32. The summed E-state index contributed by atoms with van der Waals surface area (Å²) in [4.78, 5) is 40.7. The number of carbonyl (C=O) groups excluding carboxylic acids is 3. The summed E-state index contributed by atoms with van der Waals surface area (Å²) < 4.78 is 74.3. The van der Waals surface area contributed by atoms with Crippen LogP contribution >= 0.6 is 22.9 Å². The number of hydrogen-bond acceptors (Lipinski definition) is 6. The second kappa shape index (κ2) is 12.8. The summed E-state index contributed by atoms with van der Waals surface area (Å²) >= 11 is 6.87. The van der Waals surface area contributed by atoms with Gasteiger partial charge in [0.05, 0.1) is 33.6 Å². The van der Waals surface area contributed by atoms with E-state index >= 15 is 0 Å². The van der Waals surface area contributed by atoms with E-state index in [1.165, 1.54) is 23.1 Å². The molecule has 1 aromatic carbocycles. The van der Waals surface area contributed by atoms with E-state index in [1.54, 1.807) is 0 Å². The van der Waals surface area contributed by atoms with E-state index in [2.05, 4.69) is 10.6 Å². The highest BCUT2D eigenvalue weighted by Crippen LogP contribution is 2.39. The van der Waals surface area contributed by atoms with Crippen LogP contribution in [0.25, 0.3) is 0 Å². The Bertz CT molecular complexity index is 1240. The number of hydrogen-bond donors (Lipinski definition) is 2. The summed E-state index contributed by atoms with van der Waals surface area (Å²) in [5, 5.41) is 4.95. The number of nitrogens with one attached hydrogen (secondary N) is 2. The Morgan fingerprint density at radius 3 is 2.52 bits per heavy atom. The third kappa shape index (κ3) is 7.28. The lowest BCUT2D eigenvalue weighted by molar-refractivity contribution is -0.137. The number of thiophene rings is 1. The summed E-state index contributed by atoms with van der Waals surface area (Å²) in [6, 6.07) is 4.30. The van der Waals surface area contributed by atoms with Gasteiger partial charge < -0.3 is 20.3 Å². The van der Waals surface area contributed by atoms with Crippen molar-refractivity contribution in [3.63, 3.8) is 0 Å². The average Bonchev–Trinajstić information content (AvgIpc) is 3.29. The minimum absolute atomic E-state index is 0.0632. The van der Waals surface area contributed by atoms with Crippen molar-refractivity contribution in [1.29, 1.82) is 0 Å². The number of ether oxygens (including phenoxy) is 1. The molecular weight excluding hydrogens is 583 g/mol. The Balaban J connectivity index is 1.59. The van der Waals surface area contributed by atoms with Gasteiger partial charge in [0.2, 0.25) is 5.91 Å². The van der Waals surface area contributed by atoms with Gasteiger partial charge in [-0.15, -0.1) is 11.3 Å². The molecule has 15 heteroatoms.